The molecule has 1 N–H and O–H groups in total. The number of fused-ring (bicyclic) bond motifs is 3. The van der Waals surface area contributed by atoms with Crippen LogP contribution in [0.4, 0.5) is 5.82 Å². The number of methoxy groups -OCH3 is 1. The van der Waals surface area contributed by atoms with Crippen molar-refractivity contribution >= 4 is 22.5 Å². The van der Waals surface area contributed by atoms with Crippen molar-refractivity contribution in [1.29, 1.82) is 0 Å². The summed E-state index contributed by atoms with van der Waals surface area (Å²) in [4.78, 5) is 4.82. The minimum Gasteiger partial charge on any atom is -0.491 e. The van der Waals surface area contributed by atoms with Gasteiger partial charge in [0.25, 0.3) is 0 Å². The van der Waals surface area contributed by atoms with Crippen molar-refractivity contribution < 1.29 is 10.9 Å². The lowest BCUT2D eigenvalue weighted by Crippen LogP contribution is -2.09. The third-order valence-electron chi connectivity index (χ3n) is 5.52. The molecule has 2 heterocycles. The van der Waals surface area contributed by atoms with E-state index in [1.54, 1.807) is 7.11 Å². The Morgan fingerprint density at radius 2 is 1.88 bits per heavy atom. The van der Waals surface area contributed by atoms with Crippen LogP contribution in [0.2, 0.25) is 0 Å². The van der Waals surface area contributed by atoms with E-state index in [4.69, 9.17) is 14.5 Å². The van der Waals surface area contributed by atoms with Crippen molar-refractivity contribution in [1.82, 2.24) is 19.6 Å². The first-order valence-corrected chi connectivity index (χ1v) is 12.0. The fraction of sp³-hybridized carbons (Fsp3) is 0.577. The topological polar surface area (TPSA) is 73.6 Å². The number of aromatic nitrogens is 4. The van der Waals surface area contributed by atoms with E-state index in [2.05, 4.69) is 42.9 Å². The maximum Gasteiger partial charge on any atom is 0.204 e. The molecule has 3 rings (SSSR count). The first kappa shape index (κ1) is 26.6. The Hall–Kier alpha value is -2.67. The highest BCUT2D eigenvalue weighted by Gasteiger charge is 2.15. The molecule has 0 aliphatic rings. The average molecular weight is 458 g/mol. The molecule has 0 spiro atoms. The zero-order chi connectivity index (χ0) is 24.4. The smallest absolute Gasteiger partial charge is 0.204 e. The van der Waals surface area contributed by atoms with Gasteiger partial charge >= 0.3 is 0 Å². The summed E-state index contributed by atoms with van der Waals surface area (Å²) in [5, 5.41) is 12.1. The Bertz CT molecular complexity index is 1040. The zero-order valence-electron chi connectivity index (χ0n) is 21.5. The van der Waals surface area contributed by atoms with E-state index >= 15 is 0 Å². The Kier molecular flexibility index (Phi) is 10.1. The number of anilines is 1. The molecular formula is C26H43N5O2. The van der Waals surface area contributed by atoms with Gasteiger partial charge in [-0.3, -0.25) is 4.40 Å². The molecule has 33 heavy (non-hydrogen) atoms. The SMILES string of the molecule is C=C(CCCCCNc1nc2cc(OCCOC)ccc2n2c(C)nnc12)C(C)(C)C.CC.[HH]. The number of aryl methyl sites for hydroxylation is 1. The number of allylic oxidation sites excluding steroid dienone is 1. The molecule has 0 aliphatic carbocycles. The highest BCUT2D eigenvalue weighted by atomic mass is 16.5. The number of rotatable bonds is 11. The average Bonchev–Trinajstić information content (AvgIpc) is 3.18. The first-order chi connectivity index (χ1) is 15.8. The van der Waals surface area contributed by atoms with Crippen LogP contribution in [0, 0.1) is 12.3 Å². The number of nitrogens with zero attached hydrogens (tertiary/aromatic N) is 4. The number of ether oxygens (including phenoxy) is 2. The van der Waals surface area contributed by atoms with Gasteiger partial charge in [0.15, 0.2) is 5.82 Å². The molecule has 0 unspecified atom stereocenters. The van der Waals surface area contributed by atoms with E-state index in [0.717, 1.165) is 66.3 Å². The zero-order valence-corrected chi connectivity index (χ0v) is 21.5. The Labute approximate surface area is 200 Å². The summed E-state index contributed by atoms with van der Waals surface area (Å²) in [5.41, 5.74) is 4.06. The maximum atomic E-state index is 5.75. The van der Waals surface area contributed by atoms with Crippen LogP contribution >= 0.6 is 0 Å². The van der Waals surface area contributed by atoms with Crippen molar-refractivity contribution in [2.45, 2.75) is 67.2 Å². The first-order valence-electron chi connectivity index (χ1n) is 12.0. The van der Waals surface area contributed by atoms with Crippen molar-refractivity contribution in [3.63, 3.8) is 0 Å². The summed E-state index contributed by atoms with van der Waals surface area (Å²) >= 11 is 0. The lowest BCUT2D eigenvalue weighted by Gasteiger charge is -2.21. The monoisotopic (exact) mass is 457 g/mol. The van der Waals surface area contributed by atoms with E-state index in [1.165, 1.54) is 5.57 Å². The molecule has 0 fully saturated rings. The highest BCUT2D eigenvalue weighted by Crippen LogP contribution is 2.28. The summed E-state index contributed by atoms with van der Waals surface area (Å²) in [7, 11) is 1.66. The van der Waals surface area contributed by atoms with Gasteiger partial charge in [-0.2, -0.15) is 0 Å². The van der Waals surface area contributed by atoms with Crippen LogP contribution in [0.25, 0.3) is 16.7 Å². The van der Waals surface area contributed by atoms with E-state index in [9.17, 15) is 0 Å². The summed E-state index contributed by atoms with van der Waals surface area (Å²) < 4.78 is 12.9. The summed E-state index contributed by atoms with van der Waals surface area (Å²) in [6.07, 6.45) is 4.45. The number of nitrogens with one attached hydrogen (secondary N) is 1. The minimum atomic E-state index is 0. The van der Waals surface area contributed by atoms with Crippen LogP contribution in [0.1, 0.15) is 67.6 Å². The molecule has 0 atom stereocenters. The van der Waals surface area contributed by atoms with Gasteiger partial charge in [0, 0.05) is 21.1 Å². The van der Waals surface area contributed by atoms with Crippen LogP contribution < -0.4 is 10.1 Å². The van der Waals surface area contributed by atoms with Crippen LogP contribution in [0.15, 0.2) is 30.4 Å². The quantitative estimate of drug-likeness (QED) is 0.263. The van der Waals surface area contributed by atoms with Gasteiger partial charge in [0.1, 0.15) is 18.2 Å². The molecule has 0 aliphatic heterocycles. The van der Waals surface area contributed by atoms with Gasteiger partial charge in [-0.05, 0) is 43.7 Å². The number of unbranched alkanes of at least 4 members (excludes halogenated alkanes) is 2. The Morgan fingerprint density at radius 1 is 1.12 bits per heavy atom. The minimum absolute atomic E-state index is 0. The molecule has 7 heteroatoms. The van der Waals surface area contributed by atoms with Crippen LogP contribution in [-0.4, -0.2) is 46.5 Å². The second-order valence-corrected chi connectivity index (χ2v) is 8.95. The molecule has 2 aromatic heterocycles. The van der Waals surface area contributed by atoms with Gasteiger partial charge < -0.3 is 14.8 Å². The molecule has 0 saturated heterocycles. The van der Waals surface area contributed by atoms with Crippen molar-refractivity contribution in [2.75, 3.05) is 32.2 Å². The third kappa shape index (κ3) is 7.16. The fourth-order valence-electron chi connectivity index (χ4n) is 3.43. The molecule has 0 bridgehead atoms. The van der Waals surface area contributed by atoms with E-state index < -0.39 is 0 Å². The molecular weight excluding hydrogens is 414 g/mol. The van der Waals surface area contributed by atoms with Gasteiger partial charge in [0.2, 0.25) is 5.65 Å². The molecule has 0 saturated carbocycles. The fourth-order valence-corrected chi connectivity index (χ4v) is 3.43. The standard InChI is InChI=1S/C24H35N5O2.C2H6.H2/c1-17(24(3,4)5)10-8-7-9-13-25-22-23-28-27-18(2)29(23)21-12-11-19(16-20(21)26-22)31-15-14-30-6;1-2;/h11-12,16H,1,7-10,13-15H2,2-6H3,(H,25,26);1-2H3;1H. The van der Waals surface area contributed by atoms with Gasteiger partial charge in [-0.25, -0.2) is 4.98 Å². The molecule has 3 aromatic rings. The van der Waals surface area contributed by atoms with Crippen LogP contribution in [0.5, 0.6) is 5.75 Å². The predicted octanol–water partition coefficient (Wildman–Crippen LogP) is 6.46. The normalized spacial score (nSPS) is 11.4. The third-order valence-corrected chi connectivity index (χ3v) is 5.52. The predicted molar refractivity (Wildman–Crippen MR) is 139 cm³/mol. The largest absolute Gasteiger partial charge is 0.491 e. The summed E-state index contributed by atoms with van der Waals surface area (Å²) in [6.45, 7) is 18.7. The molecule has 7 nitrogen and oxygen atoms in total. The Balaban J connectivity index is 0.00000188. The molecule has 0 radical (unpaired) electrons. The molecule has 1 aromatic carbocycles. The van der Waals surface area contributed by atoms with Crippen LogP contribution in [-0.2, 0) is 4.74 Å². The van der Waals surface area contributed by atoms with Gasteiger partial charge in [0.05, 0.1) is 17.6 Å². The Morgan fingerprint density at radius 3 is 2.58 bits per heavy atom. The number of benzene rings is 1. The lowest BCUT2D eigenvalue weighted by atomic mass is 9.84. The van der Waals surface area contributed by atoms with Crippen LogP contribution in [0.3, 0.4) is 0 Å². The summed E-state index contributed by atoms with van der Waals surface area (Å²) in [6, 6.07) is 5.89. The molecule has 0 amide bonds. The molecule has 184 valence electrons. The van der Waals surface area contributed by atoms with Crippen molar-refractivity contribution in [2.24, 2.45) is 5.41 Å². The highest BCUT2D eigenvalue weighted by molar-refractivity contribution is 5.84. The summed E-state index contributed by atoms with van der Waals surface area (Å²) in [5.74, 6) is 2.35. The van der Waals surface area contributed by atoms with E-state index in [1.807, 2.05) is 43.4 Å². The lowest BCUT2D eigenvalue weighted by molar-refractivity contribution is 0.146. The number of hydrogen-bond donors (Lipinski definition) is 1. The second-order valence-electron chi connectivity index (χ2n) is 8.95. The van der Waals surface area contributed by atoms with Gasteiger partial charge in [-0.15, -0.1) is 10.2 Å². The van der Waals surface area contributed by atoms with Crippen molar-refractivity contribution in [3.05, 3.63) is 36.2 Å². The van der Waals surface area contributed by atoms with Gasteiger partial charge in [-0.1, -0.05) is 53.2 Å². The second kappa shape index (κ2) is 12.5. The van der Waals surface area contributed by atoms with E-state index in [0.29, 0.717) is 13.2 Å². The maximum absolute atomic E-state index is 5.75. The number of hydrogen-bond acceptors (Lipinski definition) is 6. The van der Waals surface area contributed by atoms with Crippen molar-refractivity contribution in [3.8, 4) is 5.75 Å². The van der Waals surface area contributed by atoms with E-state index in [-0.39, 0.29) is 6.84 Å².